The topological polar surface area (TPSA) is 96.0 Å². The minimum atomic E-state index is -4.21. The molecule has 0 radical (unpaired) electrons. The first-order chi connectivity index (χ1) is 18.2. The van der Waals surface area contributed by atoms with Crippen LogP contribution in [0.1, 0.15) is 25.7 Å². The molecule has 0 amide bonds. The van der Waals surface area contributed by atoms with Crippen LogP contribution in [0.2, 0.25) is 5.02 Å². The number of hydrogen-bond acceptors (Lipinski definition) is 6. The van der Waals surface area contributed by atoms with E-state index < -0.39 is 27.3 Å². The Morgan fingerprint density at radius 1 is 0.974 bits per heavy atom. The van der Waals surface area contributed by atoms with Gasteiger partial charge in [0.05, 0.1) is 21.8 Å². The third kappa shape index (κ3) is 5.43. The van der Waals surface area contributed by atoms with E-state index in [4.69, 9.17) is 11.6 Å². The number of hydrogen-bond donors (Lipinski definition) is 3. The van der Waals surface area contributed by atoms with E-state index in [1.807, 2.05) is 7.05 Å². The molecular formula is C27H26ClF2N5O2S. The molecule has 0 atom stereocenters. The second kappa shape index (κ2) is 10.8. The van der Waals surface area contributed by atoms with Gasteiger partial charge in [0, 0.05) is 23.7 Å². The number of nitrogens with zero attached hydrogens (tertiary/aromatic N) is 2. The second-order valence-corrected chi connectivity index (χ2v) is 11.3. The van der Waals surface area contributed by atoms with Crippen LogP contribution in [0.25, 0.3) is 22.0 Å². The molecule has 0 saturated heterocycles. The fourth-order valence-corrected chi connectivity index (χ4v) is 6.31. The molecule has 38 heavy (non-hydrogen) atoms. The van der Waals surface area contributed by atoms with Crippen LogP contribution in [0.15, 0.2) is 65.7 Å². The van der Waals surface area contributed by atoms with Gasteiger partial charge in [-0.05, 0) is 74.7 Å². The molecule has 0 spiro atoms. The first kappa shape index (κ1) is 26.3. The summed E-state index contributed by atoms with van der Waals surface area (Å²) < 4.78 is 58.1. The van der Waals surface area contributed by atoms with Crippen LogP contribution in [0.3, 0.4) is 0 Å². The molecule has 7 nitrogen and oxygen atoms in total. The number of aromatic nitrogens is 2. The van der Waals surface area contributed by atoms with Crippen LogP contribution in [0.5, 0.6) is 0 Å². The van der Waals surface area contributed by atoms with Crippen LogP contribution >= 0.6 is 11.6 Å². The molecule has 3 aromatic carbocycles. The number of rotatable bonds is 7. The lowest BCUT2D eigenvalue weighted by Crippen LogP contribution is -2.35. The zero-order valence-corrected chi connectivity index (χ0v) is 22.1. The first-order valence-electron chi connectivity index (χ1n) is 12.2. The van der Waals surface area contributed by atoms with Gasteiger partial charge in [0.25, 0.3) is 10.0 Å². The number of nitrogens with one attached hydrogen (secondary N) is 3. The van der Waals surface area contributed by atoms with Gasteiger partial charge in [0.1, 0.15) is 10.7 Å². The van der Waals surface area contributed by atoms with E-state index >= 15 is 4.39 Å². The minimum absolute atomic E-state index is 0.0169. The zero-order valence-electron chi connectivity index (χ0n) is 20.5. The summed E-state index contributed by atoms with van der Waals surface area (Å²) in [6.45, 7) is 0. The number of fused-ring (bicyclic) bond motifs is 1. The zero-order chi connectivity index (χ0) is 26.9. The van der Waals surface area contributed by atoms with Crippen molar-refractivity contribution in [1.29, 1.82) is 0 Å². The van der Waals surface area contributed by atoms with E-state index in [1.54, 1.807) is 30.5 Å². The standard InChI is InChI=1S/C27H26ClF2N5O2S/c1-31-18-7-9-19(10-8-18)33-27-32-15-17-14-16(6-12-22(17)34-27)25-21(29)11-13-23(26(25)30)35-38(36,37)24-5-3-2-4-20(24)28/h2-6,11-15,18-19,31,35H,7-10H2,1H3,(H,32,33,34). The average Bonchev–Trinajstić information content (AvgIpc) is 2.91. The summed E-state index contributed by atoms with van der Waals surface area (Å²) in [5.41, 5.74) is 0.0764. The summed E-state index contributed by atoms with van der Waals surface area (Å²) in [7, 11) is -2.23. The molecule has 1 aromatic heterocycles. The van der Waals surface area contributed by atoms with Crippen molar-refractivity contribution in [2.75, 3.05) is 17.1 Å². The Hall–Kier alpha value is -3.34. The molecule has 0 bridgehead atoms. The molecule has 198 valence electrons. The average molecular weight is 558 g/mol. The smallest absolute Gasteiger partial charge is 0.263 e. The number of anilines is 2. The van der Waals surface area contributed by atoms with Crippen molar-refractivity contribution in [3.63, 3.8) is 0 Å². The Bertz CT molecular complexity index is 1590. The molecule has 1 saturated carbocycles. The van der Waals surface area contributed by atoms with Crippen LogP contribution < -0.4 is 15.4 Å². The molecule has 3 N–H and O–H groups in total. The van der Waals surface area contributed by atoms with Gasteiger partial charge in [-0.1, -0.05) is 29.8 Å². The van der Waals surface area contributed by atoms with Gasteiger partial charge in [-0.2, -0.15) is 0 Å². The van der Waals surface area contributed by atoms with Crippen LogP contribution in [-0.2, 0) is 10.0 Å². The van der Waals surface area contributed by atoms with Crippen molar-refractivity contribution in [2.24, 2.45) is 0 Å². The maximum absolute atomic E-state index is 15.5. The number of benzene rings is 3. The molecule has 5 rings (SSSR count). The summed E-state index contributed by atoms with van der Waals surface area (Å²) in [6, 6.07) is 13.4. The Morgan fingerprint density at radius 2 is 1.71 bits per heavy atom. The van der Waals surface area contributed by atoms with Crippen molar-refractivity contribution in [3.05, 3.63) is 77.5 Å². The lowest BCUT2D eigenvalue weighted by molar-refractivity contribution is 0.370. The molecule has 1 aliphatic rings. The first-order valence-corrected chi connectivity index (χ1v) is 14.1. The Balaban J connectivity index is 1.41. The van der Waals surface area contributed by atoms with E-state index in [9.17, 15) is 12.8 Å². The van der Waals surface area contributed by atoms with Gasteiger partial charge >= 0.3 is 0 Å². The third-order valence-corrected chi connectivity index (χ3v) is 8.66. The molecule has 1 fully saturated rings. The van der Waals surface area contributed by atoms with Crippen molar-refractivity contribution in [1.82, 2.24) is 15.3 Å². The molecule has 0 aliphatic heterocycles. The summed E-state index contributed by atoms with van der Waals surface area (Å²) in [5.74, 6) is -1.37. The van der Waals surface area contributed by atoms with E-state index in [1.165, 1.54) is 18.2 Å². The highest BCUT2D eigenvalue weighted by Crippen LogP contribution is 2.34. The Kier molecular flexibility index (Phi) is 7.47. The minimum Gasteiger partial charge on any atom is -0.351 e. The maximum Gasteiger partial charge on any atom is 0.263 e. The maximum atomic E-state index is 15.5. The number of sulfonamides is 1. The second-order valence-electron chi connectivity index (χ2n) is 9.27. The summed E-state index contributed by atoms with van der Waals surface area (Å²) in [6.07, 6.45) is 5.79. The van der Waals surface area contributed by atoms with Crippen molar-refractivity contribution in [3.8, 4) is 11.1 Å². The molecule has 1 heterocycles. The monoisotopic (exact) mass is 557 g/mol. The SMILES string of the molecule is CNC1CCC(Nc2ncc3cc(-c4c(F)ccc(NS(=O)(=O)c5ccccc5Cl)c4F)ccc3n2)CC1. The van der Waals surface area contributed by atoms with Crippen molar-refractivity contribution < 1.29 is 17.2 Å². The third-order valence-electron chi connectivity index (χ3n) is 6.80. The van der Waals surface area contributed by atoms with Gasteiger partial charge in [-0.25, -0.2) is 27.2 Å². The van der Waals surface area contributed by atoms with Gasteiger partial charge in [-0.15, -0.1) is 0 Å². The quantitative estimate of drug-likeness (QED) is 0.259. The van der Waals surface area contributed by atoms with Crippen LogP contribution in [0.4, 0.5) is 20.4 Å². The summed E-state index contributed by atoms with van der Waals surface area (Å²) in [4.78, 5) is 8.75. The van der Waals surface area contributed by atoms with E-state index in [2.05, 4.69) is 25.3 Å². The highest BCUT2D eigenvalue weighted by atomic mass is 35.5. The van der Waals surface area contributed by atoms with E-state index in [0.29, 0.717) is 22.9 Å². The van der Waals surface area contributed by atoms with Crippen molar-refractivity contribution >= 4 is 44.2 Å². The van der Waals surface area contributed by atoms with Gasteiger partial charge in [0.2, 0.25) is 5.95 Å². The van der Waals surface area contributed by atoms with Gasteiger partial charge in [0.15, 0.2) is 5.82 Å². The molecule has 11 heteroatoms. The fraction of sp³-hybridized carbons (Fsp3) is 0.259. The predicted octanol–water partition coefficient (Wildman–Crippen LogP) is 5.97. The van der Waals surface area contributed by atoms with E-state index in [0.717, 1.165) is 37.8 Å². The van der Waals surface area contributed by atoms with Crippen LogP contribution in [0, 0.1) is 11.6 Å². The Labute approximate surface area is 224 Å². The number of halogens is 3. The molecular weight excluding hydrogens is 532 g/mol. The largest absolute Gasteiger partial charge is 0.351 e. The molecule has 0 unspecified atom stereocenters. The highest BCUT2D eigenvalue weighted by Gasteiger charge is 2.23. The summed E-state index contributed by atoms with van der Waals surface area (Å²) in [5, 5.41) is 7.27. The molecule has 1 aliphatic carbocycles. The highest BCUT2D eigenvalue weighted by molar-refractivity contribution is 7.92. The lowest BCUT2D eigenvalue weighted by atomic mass is 9.91. The predicted molar refractivity (Wildman–Crippen MR) is 146 cm³/mol. The lowest BCUT2D eigenvalue weighted by Gasteiger charge is -2.28. The van der Waals surface area contributed by atoms with Gasteiger partial charge < -0.3 is 10.6 Å². The van der Waals surface area contributed by atoms with Crippen LogP contribution in [-0.4, -0.2) is 37.5 Å². The fourth-order valence-electron chi connectivity index (χ4n) is 4.73. The Morgan fingerprint density at radius 3 is 2.45 bits per heavy atom. The molecule has 4 aromatic rings. The normalized spacial score (nSPS) is 17.9. The van der Waals surface area contributed by atoms with Gasteiger partial charge in [-0.3, -0.25) is 4.72 Å². The summed E-state index contributed by atoms with van der Waals surface area (Å²) >= 11 is 6.01. The van der Waals surface area contributed by atoms with E-state index in [-0.39, 0.29) is 27.1 Å². The van der Waals surface area contributed by atoms with Crippen molar-refractivity contribution in [2.45, 2.75) is 42.7 Å².